The van der Waals surface area contributed by atoms with E-state index < -0.39 is 0 Å². The molecule has 66 heavy (non-hydrogen) atoms. The van der Waals surface area contributed by atoms with Crippen molar-refractivity contribution >= 4 is 44.6 Å². The summed E-state index contributed by atoms with van der Waals surface area (Å²) in [6.07, 6.45) is 1.91. The first-order valence-corrected chi connectivity index (χ1v) is 23.3. The number of fused-ring (bicyclic) bond motifs is 4. The molecule has 0 fully saturated rings. The minimum atomic E-state index is -0.170. The summed E-state index contributed by atoms with van der Waals surface area (Å²) in [4.78, 5) is 9.52. The number of rotatable bonds is 8. The van der Waals surface area contributed by atoms with Crippen LogP contribution in [0.25, 0.3) is 38.8 Å². The smallest absolute Gasteiger partial charge is 0.135 e. The fraction of sp³-hybridized carbons (Fsp3) is 0.300. The number of nitrogens with zero attached hydrogens (tertiary/aromatic N) is 4. The van der Waals surface area contributed by atoms with Gasteiger partial charge in [-0.2, -0.15) is 6.07 Å². The van der Waals surface area contributed by atoms with E-state index in [1.807, 2.05) is 12.3 Å². The number of ether oxygens (including phenoxy) is 1. The van der Waals surface area contributed by atoms with Gasteiger partial charge in [-0.25, -0.2) is 4.98 Å². The van der Waals surface area contributed by atoms with Crippen LogP contribution in [-0.2, 0) is 37.3 Å². The molecule has 0 bridgehead atoms. The molecule has 9 rings (SSSR count). The zero-order valence-corrected chi connectivity index (χ0v) is 43.1. The van der Waals surface area contributed by atoms with E-state index in [1.165, 1.54) is 33.4 Å². The van der Waals surface area contributed by atoms with Crippen molar-refractivity contribution in [3.8, 4) is 28.4 Å². The van der Waals surface area contributed by atoms with Gasteiger partial charge in [0.25, 0.3) is 0 Å². The van der Waals surface area contributed by atoms with Gasteiger partial charge in [0.15, 0.2) is 0 Å². The minimum Gasteiger partial charge on any atom is -0.509 e. The van der Waals surface area contributed by atoms with Crippen molar-refractivity contribution in [2.24, 2.45) is 0 Å². The van der Waals surface area contributed by atoms with Crippen molar-refractivity contribution in [3.63, 3.8) is 0 Å². The third-order valence-electron chi connectivity index (χ3n) is 13.0. The molecule has 1 aliphatic heterocycles. The second-order valence-corrected chi connectivity index (χ2v) is 21.5. The Bertz CT molecular complexity index is 3060. The Morgan fingerprint density at radius 2 is 1.23 bits per heavy atom. The van der Waals surface area contributed by atoms with Gasteiger partial charge in [-0.3, -0.25) is 0 Å². The van der Waals surface area contributed by atoms with Crippen molar-refractivity contribution in [2.45, 2.75) is 118 Å². The van der Waals surface area contributed by atoms with Crippen LogP contribution in [0.3, 0.4) is 0 Å². The van der Waals surface area contributed by atoms with Crippen molar-refractivity contribution in [1.82, 2.24) is 9.55 Å². The SMILES string of the molecule is CC(C)c1cccc(C(C)C)c1-c1cccc(N2[CH-]N(c3[c-]c(Oc4[c-]c5c(cc4)c4ccccc4n5-c4cc(C(C)(C)C)ccn4)cc(C(C)(C)C)c3)c3ccc(C(C)(C)C)cc32)c1.[Pt]. The third-order valence-corrected chi connectivity index (χ3v) is 13.0. The first-order valence-electron chi connectivity index (χ1n) is 23.3. The van der Waals surface area contributed by atoms with Gasteiger partial charge in [0.1, 0.15) is 5.82 Å². The summed E-state index contributed by atoms with van der Waals surface area (Å²) in [5.74, 6) is 2.89. The number of pyridine rings is 1. The van der Waals surface area contributed by atoms with E-state index in [2.05, 4.69) is 238 Å². The van der Waals surface area contributed by atoms with Crippen molar-refractivity contribution in [1.29, 1.82) is 0 Å². The third kappa shape index (κ3) is 8.84. The Morgan fingerprint density at radius 3 is 1.91 bits per heavy atom. The Labute approximate surface area is 408 Å². The molecule has 0 N–H and O–H groups in total. The van der Waals surface area contributed by atoms with Crippen LogP contribution in [0, 0.1) is 18.8 Å². The van der Waals surface area contributed by atoms with E-state index in [0.717, 1.165) is 55.9 Å². The van der Waals surface area contributed by atoms with Gasteiger partial charge in [0, 0.05) is 61.3 Å². The standard InChI is InChI=1S/C60H63N4O.Pt/c1-38(2)48-21-17-22-49(39(3)4)57(48)40-18-16-19-44(30-40)62-37-63(53-27-24-41(33-55(53)62)58(5,6)7)45-31-43(60(11,12)13)32-47(35-45)65-46-25-26-51-50-20-14-15-23-52(50)64(54(51)36-46)56-34-42(28-29-61-56)59(8,9)10;/h14-34,37-39H,1-13H3;/q-3;. The molecule has 6 aromatic carbocycles. The van der Waals surface area contributed by atoms with Crippen molar-refractivity contribution in [2.75, 3.05) is 9.80 Å². The molecule has 0 spiro atoms. The first kappa shape index (κ1) is 46.9. The monoisotopic (exact) mass is 1050 g/mol. The summed E-state index contributed by atoms with van der Waals surface area (Å²) in [6, 6.07) is 51.6. The van der Waals surface area contributed by atoms with Crippen molar-refractivity contribution < 1.29 is 25.8 Å². The molecule has 5 nitrogen and oxygen atoms in total. The van der Waals surface area contributed by atoms with Gasteiger partial charge >= 0.3 is 0 Å². The summed E-state index contributed by atoms with van der Waals surface area (Å²) < 4.78 is 9.09. The average molecular weight is 1050 g/mol. The number of benzene rings is 6. The average Bonchev–Trinajstić information content (AvgIpc) is 3.81. The maximum atomic E-state index is 6.88. The zero-order valence-electron chi connectivity index (χ0n) is 40.9. The van der Waals surface area contributed by atoms with Crippen LogP contribution >= 0.6 is 0 Å². The van der Waals surface area contributed by atoms with E-state index in [1.54, 1.807) is 0 Å². The van der Waals surface area contributed by atoms with Crippen LogP contribution in [0.15, 0.2) is 128 Å². The number of anilines is 4. The number of para-hydroxylation sites is 1. The van der Waals surface area contributed by atoms with E-state index in [0.29, 0.717) is 23.3 Å². The maximum Gasteiger partial charge on any atom is 0.135 e. The van der Waals surface area contributed by atoms with Gasteiger partial charge in [0.05, 0.1) is 0 Å². The second kappa shape index (κ2) is 17.5. The molecule has 342 valence electrons. The summed E-state index contributed by atoms with van der Waals surface area (Å²) in [5.41, 5.74) is 15.0. The molecule has 0 radical (unpaired) electrons. The van der Waals surface area contributed by atoms with Gasteiger partial charge in [0.2, 0.25) is 0 Å². The molecule has 2 aromatic heterocycles. The van der Waals surface area contributed by atoms with Crippen LogP contribution in [0.4, 0.5) is 22.7 Å². The fourth-order valence-electron chi connectivity index (χ4n) is 9.16. The van der Waals surface area contributed by atoms with Crippen molar-refractivity contribution in [3.05, 3.63) is 174 Å². The Kier molecular flexibility index (Phi) is 12.5. The normalized spacial score (nSPS) is 13.3. The van der Waals surface area contributed by atoms with E-state index in [4.69, 9.17) is 9.72 Å². The van der Waals surface area contributed by atoms with Crippen LogP contribution in [-0.4, -0.2) is 9.55 Å². The minimum absolute atomic E-state index is 0. The largest absolute Gasteiger partial charge is 0.509 e. The first-order chi connectivity index (χ1) is 30.8. The molecule has 3 heterocycles. The predicted molar refractivity (Wildman–Crippen MR) is 274 cm³/mol. The second-order valence-electron chi connectivity index (χ2n) is 21.5. The van der Waals surface area contributed by atoms with Gasteiger partial charge in [-0.1, -0.05) is 150 Å². The molecule has 0 saturated heterocycles. The van der Waals surface area contributed by atoms with E-state index in [9.17, 15) is 0 Å². The Morgan fingerprint density at radius 1 is 0.561 bits per heavy atom. The summed E-state index contributed by atoms with van der Waals surface area (Å²) in [7, 11) is 0. The molecular formula is C60H63N4OPt-3. The van der Waals surface area contributed by atoms with E-state index in [-0.39, 0.29) is 37.3 Å². The number of hydrogen-bond acceptors (Lipinski definition) is 4. The summed E-state index contributed by atoms with van der Waals surface area (Å²) in [6.45, 7) is 31.7. The number of hydrogen-bond donors (Lipinski definition) is 0. The van der Waals surface area contributed by atoms with Crippen LogP contribution in [0.5, 0.6) is 11.5 Å². The van der Waals surface area contributed by atoms with Crippen LogP contribution in [0.2, 0.25) is 0 Å². The van der Waals surface area contributed by atoms with Crippen LogP contribution in [0.1, 0.15) is 130 Å². The molecule has 6 heteroatoms. The fourth-order valence-corrected chi connectivity index (χ4v) is 9.16. The number of aromatic nitrogens is 2. The molecule has 0 saturated carbocycles. The van der Waals surface area contributed by atoms with Crippen LogP contribution < -0.4 is 14.5 Å². The molecule has 0 aliphatic carbocycles. The van der Waals surface area contributed by atoms with E-state index >= 15 is 0 Å². The maximum absolute atomic E-state index is 6.88. The molecular weight excluding hydrogens is 988 g/mol. The molecule has 8 aromatic rings. The van der Waals surface area contributed by atoms with Gasteiger partial charge < -0.3 is 19.1 Å². The summed E-state index contributed by atoms with van der Waals surface area (Å²) in [5, 5.41) is 2.24. The topological polar surface area (TPSA) is 33.5 Å². The molecule has 0 unspecified atom stereocenters. The summed E-state index contributed by atoms with van der Waals surface area (Å²) >= 11 is 0. The molecule has 0 atom stereocenters. The zero-order chi connectivity index (χ0) is 46.2. The quantitative estimate of drug-likeness (QED) is 0.142. The Balaban J connectivity index is 0.00000592. The van der Waals surface area contributed by atoms with Gasteiger partial charge in [-0.05, 0) is 109 Å². The van der Waals surface area contributed by atoms with Gasteiger partial charge in [-0.15, -0.1) is 53.6 Å². The molecule has 0 amide bonds. The molecule has 1 aliphatic rings. The Hall–Kier alpha value is -5.64. The predicted octanol–water partition coefficient (Wildman–Crippen LogP) is 16.8.